The fraction of sp³-hybridized carbons (Fsp3) is 0.263. The number of rotatable bonds is 8. The van der Waals surface area contributed by atoms with Crippen molar-refractivity contribution in [2.24, 2.45) is 0 Å². The summed E-state index contributed by atoms with van der Waals surface area (Å²) in [5.74, 6) is -1.14. The first-order chi connectivity index (χ1) is 13.7. The van der Waals surface area contributed by atoms with Gasteiger partial charge in [-0.25, -0.2) is 8.42 Å². The van der Waals surface area contributed by atoms with Crippen molar-refractivity contribution < 1.29 is 23.1 Å². The van der Waals surface area contributed by atoms with Crippen LogP contribution in [0.4, 0.5) is 0 Å². The van der Waals surface area contributed by atoms with Crippen molar-refractivity contribution in [1.29, 1.82) is 0 Å². The molecule has 0 bridgehead atoms. The van der Waals surface area contributed by atoms with Gasteiger partial charge in [0.15, 0.2) is 0 Å². The zero-order valence-corrected chi connectivity index (χ0v) is 17.6. The molecule has 156 valence electrons. The molecule has 0 radical (unpaired) electrons. The number of amides is 2. The molecular formula is C19H23N3O5S2. The Morgan fingerprint density at radius 1 is 1.07 bits per heavy atom. The number of hydrogen-bond acceptors (Lipinski definition) is 6. The summed E-state index contributed by atoms with van der Waals surface area (Å²) in [6, 6.07) is 11.0. The number of aryl methyl sites for hydroxylation is 1. The first-order valence-corrected chi connectivity index (χ1v) is 11.6. The number of phenols is 1. The molecule has 0 heterocycles. The monoisotopic (exact) mass is 437 g/mol. The first-order valence-electron chi connectivity index (χ1n) is 8.70. The maximum Gasteiger partial charge on any atom is 0.273 e. The zero-order chi connectivity index (χ0) is 21.4. The van der Waals surface area contributed by atoms with Gasteiger partial charge >= 0.3 is 0 Å². The largest absolute Gasteiger partial charge is 0.507 e. The van der Waals surface area contributed by atoms with Crippen LogP contribution in [0.5, 0.6) is 5.75 Å². The Kier molecular flexibility index (Phi) is 8.06. The molecule has 29 heavy (non-hydrogen) atoms. The minimum absolute atomic E-state index is 0.0197. The number of phenolic OH excluding ortho intramolecular Hbond substituents is 1. The molecule has 1 atom stereocenters. The molecule has 2 rings (SSSR count). The van der Waals surface area contributed by atoms with Crippen molar-refractivity contribution in [3.05, 3.63) is 59.7 Å². The Labute approximate surface area is 174 Å². The predicted molar refractivity (Wildman–Crippen MR) is 112 cm³/mol. The molecule has 0 aromatic heterocycles. The van der Waals surface area contributed by atoms with Gasteiger partial charge in [0.1, 0.15) is 11.8 Å². The third kappa shape index (κ3) is 6.48. The van der Waals surface area contributed by atoms with Crippen molar-refractivity contribution >= 4 is 33.6 Å². The lowest BCUT2D eigenvalue weighted by Gasteiger charge is -2.18. The van der Waals surface area contributed by atoms with Gasteiger partial charge in [-0.15, -0.1) is 0 Å². The van der Waals surface area contributed by atoms with Crippen molar-refractivity contribution in [2.45, 2.75) is 24.3 Å². The van der Waals surface area contributed by atoms with Crippen LogP contribution in [0.2, 0.25) is 0 Å². The number of nitrogens with one attached hydrogen (secondary N) is 3. The summed E-state index contributed by atoms with van der Waals surface area (Å²) in [4.78, 5) is 24.7. The molecule has 2 aromatic rings. The molecule has 8 nitrogen and oxygen atoms in total. The lowest BCUT2D eigenvalue weighted by molar-refractivity contribution is -0.123. The smallest absolute Gasteiger partial charge is 0.273 e. The van der Waals surface area contributed by atoms with E-state index in [0.717, 1.165) is 5.56 Å². The van der Waals surface area contributed by atoms with Crippen LogP contribution < -0.4 is 15.6 Å². The normalized spacial score (nSPS) is 12.2. The van der Waals surface area contributed by atoms with E-state index in [2.05, 4.69) is 15.6 Å². The third-order valence-corrected chi connectivity index (χ3v) is 6.14. The number of aromatic hydroxyl groups is 1. The second-order valence-corrected chi connectivity index (χ2v) is 8.93. The second-order valence-electron chi connectivity index (χ2n) is 6.23. The Morgan fingerprint density at radius 3 is 2.34 bits per heavy atom. The first kappa shape index (κ1) is 22.7. The zero-order valence-electron chi connectivity index (χ0n) is 16.0. The summed E-state index contributed by atoms with van der Waals surface area (Å²) in [5, 5.41) is 9.70. The van der Waals surface area contributed by atoms with Crippen molar-refractivity contribution in [3.63, 3.8) is 0 Å². The summed E-state index contributed by atoms with van der Waals surface area (Å²) >= 11 is 1.46. The van der Waals surface area contributed by atoms with E-state index in [1.54, 1.807) is 24.3 Å². The van der Waals surface area contributed by atoms with Crippen LogP contribution in [0.15, 0.2) is 53.4 Å². The topological polar surface area (TPSA) is 125 Å². The molecule has 4 N–H and O–H groups in total. The van der Waals surface area contributed by atoms with E-state index in [-0.39, 0.29) is 22.6 Å². The maximum absolute atomic E-state index is 12.6. The molecule has 2 amide bonds. The van der Waals surface area contributed by atoms with Crippen LogP contribution in [0.1, 0.15) is 22.3 Å². The minimum atomic E-state index is -3.92. The highest BCUT2D eigenvalue weighted by Crippen LogP contribution is 2.15. The molecule has 0 aliphatic rings. The Morgan fingerprint density at radius 2 is 1.72 bits per heavy atom. The summed E-state index contributed by atoms with van der Waals surface area (Å²) in [7, 11) is -3.92. The van der Waals surface area contributed by atoms with Gasteiger partial charge in [-0.2, -0.15) is 16.5 Å². The molecule has 0 aliphatic carbocycles. The van der Waals surface area contributed by atoms with Gasteiger partial charge in [-0.3, -0.25) is 20.4 Å². The van der Waals surface area contributed by atoms with Crippen LogP contribution in [0.25, 0.3) is 0 Å². The van der Waals surface area contributed by atoms with Gasteiger partial charge in [-0.05, 0) is 49.6 Å². The number of hydrogen-bond donors (Lipinski definition) is 4. The van der Waals surface area contributed by atoms with Crippen LogP contribution in [0, 0.1) is 6.92 Å². The highest BCUT2D eigenvalue weighted by atomic mass is 32.2. The lowest BCUT2D eigenvalue weighted by Crippen LogP contribution is -2.52. The number of carbonyl (C=O) groups excluding carboxylic acids is 2. The van der Waals surface area contributed by atoms with Crippen LogP contribution >= 0.6 is 11.8 Å². The number of para-hydroxylation sites is 1. The molecule has 0 fully saturated rings. The Bertz CT molecular complexity index is 962. The second kappa shape index (κ2) is 10.3. The quantitative estimate of drug-likeness (QED) is 0.465. The molecule has 2 aromatic carbocycles. The Hall–Kier alpha value is -2.56. The fourth-order valence-electron chi connectivity index (χ4n) is 2.39. The molecule has 0 saturated heterocycles. The Balaban J connectivity index is 2.08. The summed E-state index contributed by atoms with van der Waals surface area (Å²) in [6.45, 7) is 1.84. The van der Waals surface area contributed by atoms with Crippen LogP contribution in [-0.4, -0.2) is 43.4 Å². The highest BCUT2D eigenvalue weighted by Gasteiger charge is 2.26. The standard InChI is InChI=1S/C19H23N3O5S2/c1-13-7-9-14(10-8-13)29(26,27)22-16(11-12-28-2)19(25)21-20-18(24)15-5-3-4-6-17(15)23/h3-10,16,22-23H,11-12H2,1-2H3,(H,20,24)(H,21,25). The average Bonchev–Trinajstić information content (AvgIpc) is 2.69. The molecule has 0 saturated carbocycles. The van der Waals surface area contributed by atoms with E-state index in [4.69, 9.17) is 0 Å². The number of benzene rings is 2. The lowest BCUT2D eigenvalue weighted by atomic mass is 10.2. The summed E-state index contributed by atoms with van der Waals surface area (Å²) in [5.41, 5.74) is 5.29. The van der Waals surface area contributed by atoms with Crippen LogP contribution in [-0.2, 0) is 14.8 Å². The van der Waals surface area contributed by atoms with E-state index in [1.165, 1.54) is 36.0 Å². The maximum atomic E-state index is 12.6. The van der Waals surface area contributed by atoms with Crippen molar-refractivity contribution in [2.75, 3.05) is 12.0 Å². The molecule has 0 spiro atoms. The van der Waals surface area contributed by atoms with E-state index < -0.39 is 27.9 Å². The third-order valence-electron chi connectivity index (χ3n) is 4.00. The number of thioether (sulfide) groups is 1. The number of sulfonamides is 1. The molecular weight excluding hydrogens is 414 g/mol. The van der Waals surface area contributed by atoms with E-state index >= 15 is 0 Å². The minimum Gasteiger partial charge on any atom is -0.507 e. The van der Waals surface area contributed by atoms with Crippen molar-refractivity contribution in [1.82, 2.24) is 15.6 Å². The SMILES string of the molecule is CSCCC(NS(=O)(=O)c1ccc(C)cc1)C(=O)NNC(=O)c1ccccc1O. The van der Waals surface area contributed by atoms with Gasteiger partial charge < -0.3 is 5.11 Å². The van der Waals surface area contributed by atoms with Gasteiger partial charge in [-0.1, -0.05) is 29.8 Å². The average molecular weight is 438 g/mol. The summed E-state index contributed by atoms with van der Waals surface area (Å²) < 4.78 is 27.6. The van der Waals surface area contributed by atoms with Gasteiger partial charge in [0.05, 0.1) is 10.5 Å². The van der Waals surface area contributed by atoms with E-state index in [0.29, 0.717) is 5.75 Å². The van der Waals surface area contributed by atoms with Crippen LogP contribution in [0.3, 0.4) is 0 Å². The number of carbonyl (C=O) groups is 2. The predicted octanol–water partition coefficient (Wildman–Crippen LogP) is 1.56. The fourth-order valence-corrected chi connectivity index (χ4v) is 4.09. The van der Waals surface area contributed by atoms with Gasteiger partial charge in [0.25, 0.3) is 11.8 Å². The summed E-state index contributed by atoms with van der Waals surface area (Å²) in [6.07, 6.45) is 2.06. The molecule has 10 heteroatoms. The van der Waals surface area contributed by atoms with E-state index in [1.807, 2.05) is 13.2 Å². The highest BCUT2D eigenvalue weighted by molar-refractivity contribution is 7.98. The van der Waals surface area contributed by atoms with Crippen molar-refractivity contribution in [3.8, 4) is 5.75 Å². The number of hydrazine groups is 1. The van der Waals surface area contributed by atoms with Gasteiger partial charge in [0.2, 0.25) is 10.0 Å². The van der Waals surface area contributed by atoms with E-state index in [9.17, 15) is 23.1 Å². The molecule has 0 aliphatic heterocycles. The molecule has 1 unspecified atom stereocenters. The van der Waals surface area contributed by atoms with Gasteiger partial charge in [0, 0.05) is 0 Å².